The van der Waals surface area contributed by atoms with Gasteiger partial charge in [0.15, 0.2) is 4.80 Å². The van der Waals surface area contributed by atoms with Crippen molar-refractivity contribution in [2.45, 2.75) is 13.0 Å². The second kappa shape index (κ2) is 8.76. The van der Waals surface area contributed by atoms with Crippen LogP contribution in [-0.4, -0.2) is 24.8 Å². The minimum atomic E-state index is -0.649. The third-order valence-corrected chi connectivity index (χ3v) is 6.95. The highest BCUT2D eigenvalue weighted by atomic mass is 32.1. The van der Waals surface area contributed by atoms with Gasteiger partial charge in [-0.3, -0.25) is 9.36 Å². The van der Waals surface area contributed by atoms with Crippen LogP contribution in [0.4, 0.5) is 0 Å². The van der Waals surface area contributed by atoms with Crippen LogP contribution >= 0.6 is 11.3 Å². The first kappa shape index (κ1) is 21.9. The maximum atomic E-state index is 13.7. The second-order valence-corrected chi connectivity index (χ2v) is 8.92. The number of methoxy groups -OCH3 is 2. The van der Waals surface area contributed by atoms with E-state index in [-0.39, 0.29) is 5.56 Å². The van der Waals surface area contributed by atoms with Crippen LogP contribution in [0.3, 0.4) is 0 Å². The van der Waals surface area contributed by atoms with E-state index in [0.29, 0.717) is 26.4 Å². The molecule has 6 nitrogen and oxygen atoms in total. The molecule has 1 aromatic heterocycles. The monoisotopic (exact) mass is 470 g/mol. The van der Waals surface area contributed by atoms with Crippen molar-refractivity contribution in [2.24, 2.45) is 4.99 Å². The quantitative estimate of drug-likeness (QED) is 0.428. The predicted molar refractivity (Wildman–Crippen MR) is 133 cm³/mol. The summed E-state index contributed by atoms with van der Waals surface area (Å²) in [5, 5.41) is 2.16. The minimum absolute atomic E-state index is 0.202. The SMILES string of the molecule is COC(=O)C1=C(C)N=c2s/c(=C/c3cccc4ccccc34)c(=O)n2[C@H]1c1ccc(OC)cc1. The first-order valence-electron chi connectivity index (χ1n) is 10.7. The van der Waals surface area contributed by atoms with Gasteiger partial charge in [-0.25, -0.2) is 9.79 Å². The van der Waals surface area contributed by atoms with E-state index in [9.17, 15) is 9.59 Å². The molecule has 3 aromatic carbocycles. The fourth-order valence-electron chi connectivity index (χ4n) is 4.31. The largest absolute Gasteiger partial charge is 0.497 e. The summed E-state index contributed by atoms with van der Waals surface area (Å²) in [6.07, 6.45) is 1.90. The Hall–Kier alpha value is -3.97. The zero-order valence-electron chi connectivity index (χ0n) is 18.9. The van der Waals surface area contributed by atoms with Crippen molar-refractivity contribution in [3.63, 3.8) is 0 Å². The van der Waals surface area contributed by atoms with Gasteiger partial charge in [0.05, 0.1) is 36.1 Å². The number of fused-ring (bicyclic) bond motifs is 2. The summed E-state index contributed by atoms with van der Waals surface area (Å²) in [5.41, 5.74) is 2.40. The lowest BCUT2D eigenvalue weighted by molar-refractivity contribution is -0.136. The van der Waals surface area contributed by atoms with Crippen LogP contribution in [0.15, 0.2) is 87.8 Å². The van der Waals surface area contributed by atoms with Crippen molar-refractivity contribution in [3.05, 3.63) is 109 Å². The molecule has 170 valence electrons. The smallest absolute Gasteiger partial charge is 0.338 e. The van der Waals surface area contributed by atoms with Gasteiger partial charge in [0, 0.05) is 0 Å². The molecule has 0 spiro atoms. The van der Waals surface area contributed by atoms with E-state index in [1.54, 1.807) is 18.6 Å². The first-order chi connectivity index (χ1) is 16.5. The maximum absolute atomic E-state index is 13.7. The second-order valence-electron chi connectivity index (χ2n) is 7.91. The van der Waals surface area contributed by atoms with E-state index in [4.69, 9.17) is 9.47 Å². The molecule has 34 heavy (non-hydrogen) atoms. The lowest BCUT2D eigenvalue weighted by Crippen LogP contribution is -2.39. The number of thiazole rings is 1. The zero-order chi connectivity index (χ0) is 23.8. The van der Waals surface area contributed by atoms with Gasteiger partial charge in [-0.15, -0.1) is 0 Å². The third-order valence-electron chi connectivity index (χ3n) is 5.97. The van der Waals surface area contributed by atoms with Crippen molar-refractivity contribution in [1.29, 1.82) is 0 Å². The molecular weight excluding hydrogens is 448 g/mol. The molecule has 0 fully saturated rings. The summed E-state index contributed by atoms with van der Waals surface area (Å²) >= 11 is 1.31. The number of carbonyl (C=O) groups is 1. The van der Waals surface area contributed by atoms with E-state index in [1.165, 1.54) is 18.4 Å². The molecule has 1 aliphatic rings. The van der Waals surface area contributed by atoms with E-state index in [2.05, 4.69) is 4.99 Å². The number of carbonyl (C=O) groups excluding carboxylic acids is 1. The highest BCUT2D eigenvalue weighted by Crippen LogP contribution is 2.31. The van der Waals surface area contributed by atoms with Gasteiger partial charge in [-0.2, -0.15) is 0 Å². The Kier molecular flexibility index (Phi) is 5.63. The Morgan fingerprint density at radius 2 is 1.76 bits per heavy atom. The number of esters is 1. The molecule has 1 aliphatic heterocycles. The zero-order valence-corrected chi connectivity index (χ0v) is 19.8. The lowest BCUT2D eigenvalue weighted by Gasteiger charge is -2.24. The summed E-state index contributed by atoms with van der Waals surface area (Å²) in [7, 11) is 2.93. The molecule has 0 saturated carbocycles. The fraction of sp³-hybridized carbons (Fsp3) is 0.148. The van der Waals surface area contributed by atoms with E-state index < -0.39 is 12.0 Å². The van der Waals surface area contributed by atoms with Crippen LogP contribution in [-0.2, 0) is 9.53 Å². The number of allylic oxidation sites excluding steroid dienone is 1. The molecule has 0 unspecified atom stereocenters. The highest BCUT2D eigenvalue weighted by Gasteiger charge is 2.33. The maximum Gasteiger partial charge on any atom is 0.338 e. The summed E-state index contributed by atoms with van der Waals surface area (Å²) in [6, 6.07) is 20.8. The molecule has 7 heteroatoms. The number of rotatable bonds is 4. The van der Waals surface area contributed by atoms with Crippen LogP contribution in [0.1, 0.15) is 24.1 Å². The van der Waals surface area contributed by atoms with E-state index >= 15 is 0 Å². The standard InChI is InChI=1S/C27H22N2O4S/c1-16-23(26(31)33-3)24(18-11-13-20(32-2)14-12-18)29-25(30)22(34-27(29)28-16)15-19-9-6-8-17-7-4-5-10-21(17)19/h4-15,24H,1-3H3/b22-15+/t24-/m0/s1. The van der Waals surface area contributed by atoms with Crippen molar-refractivity contribution in [3.8, 4) is 5.75 Å². The van der Waals surface area contributed by atoms with Crippen LogP contribution in [0, 0.1) is 0 Å². The number of hydrogen-bond acceptors (Lipinski definition) is 6. The van der Waals surface area contributed by atoms with Gasteiger partial charge in [-0.05, 0) is 47.0 Å². The van der Waals surface area contributed by atoms with E-state index in [1.807, 2.05) is 72.8 Å². The summed E-state index contributed by atoms with van der Waals surface area (Å²) in [5.74, 6) is 0.179. The Labute approximate surface area is 199 Å². The van der Waals surface area contributed by atoms with Crippen LogP contribution in [0.5, 0.6) is 5.75 Å². The van der Waals surface area contributed by atoms with Crippen molar-refractivity contribution in [2.75, 3.05) is 14.2 Å². The number of benzene rings is 3. The van der Waals surface area contributed by atoms with Crippen LogP contribution in [0.2, 0.25) is 0 Å². The molecular formula is C27H22N2O4S. The Balaban J connectivity index is 1.75. The topological polar surface area (TPSA) is 69.9 Å². The van der Waals surface area contributed by atoms with Crippen LogP contribution in [0.25, 0.3) is 16.8 Å². The van der Waals surface area contributed by atoms with Gasteiger partial charge >= 0.3 is 5.97 Å². The van der Waals surface area contributed by atoms with Crippen molar-refractivity contribution < 1.29 is 14.3 Å². The van der Waals surface area contributed by atoms with Crippen LogP contribution < -0.4 is 19.6 Å². The molecule has 2 heterocycles. The van der Waals surface area contributed by atoms with Gasteiger partial charge < -0.3 is 9.47 Å². The molecule has 0 bridgehead atoms. The Morgan fingerprint density at radius 3 is 2.50 bits per heavy atom. The van der Waals surface area contributed by atoms with E-state index in [0.717, 1.165) is 21.9 Å². The fourth-order valence-corrected chi connectivity index (χ4v) is 5.35. The average Bonchev–Trinajstić information content (AvgIpc) is 3.17. The molecule has 1 atom stereocenters. The molecule has 0 saturated heterocycles. The van der Waals surface area contributed by atoms with Crippen molar-refractivity contribution in [1.82, 2.24) is 4.57 Å². The molecule has 0 aliphatic carbocycles. The third kappa shape index (κ3) is 3.64. The molecule has 4 aromatic rings. The molecule has 0 amide bonds. The van der Waals surface area contributed by atoms with Gasteiger partial charge in [0.25, 0.3) is 5.56 Å². The number of aromatic nitrogens is 1. The summed E-state index contributed by atoms with van der Waals surface area (Å²) in [6.45, 7) is 1.77. The highest BCUT2D eigenvalue weighted by molar-refractivity contribution is 7.07. The Bertz CT molecular complexity index is 1620. The number of hydrogen-bond donors (Lipinski definition) is 0. The minimum Gasteiger partial charge on any atom is -0.497 e. The molecule has 0 N–H and O–H groups in total. The molecule has 5 rings (SSSR count). The lowest BCUT2D eigenvalue weighted by atomic mass is 9.96. The summed E-state index contributed by atoms with van der Waals surface area (Å²) in [4.78, 5) is 31.6. The van der Waals surface area contributed by atoms with Gasteiger partial charge in [0.2, 0.25) is 0 Å². The number of nitrogens with zero attached hydrogens (tertiary/aromatic N) is 2. The first-order valence-corrected chi connectivity index (χ1v) is 11.6. The number of ether oxygens (including phenoxy) is 2. The van der Waals surface area contributed by atoms with Gasteiger partial charge in [-0.1, -0.05) is 65.9 Å². The summed E-state index contributed by atoms with van der Waals surface area (Å²) < 4.78 is 12.5. The van der Waals surface area contributed by atoms with Gasteiger partial charge in [0.1, 0.15) is 5.75 Å². The van der Waals surface area contributed by atoms with Crippen molar-refractivity contribution >= 4 is 34.2 Å². The Morgan fingerprint density at radius 1 is 1.03 bits per heavy atom. The predicted octanol–water partition coefficient (Wildman–Crippen LogP) is 3.57. The molecule has 0 radical (unpaired) electrons. The normalized spacial score (nSPS) is 15.7. The average molecular weight is 471 g/mol.